The van der Waals surface area contributed by atoms with Crippen molar-refractivity contribution in [3.63, 3.8) is 0 Å². The summed E-state index contributed by atoms with van der Waals surface area (Å²) in [7, 11) is 0. The number of primary amides is 1. The molecule has 0 saturated carbocycles. The summed E-state index contributed by atoms with van der Waals surface area (Å²) in [5, 5.41) is 0. The van der Waals surface area contributed by atoms with Gasteiger partial charge in [0.1, 0.15) is 0 Å². The van der Waals surface area contributed by atoms with E-state index in [4.69, 9.17) is 5.73 Å². The van der Waals surface area contributed by atoms with Gasteiger partial charge >= 0.3 is 0 Å². The van der Waals surface area contributed by atoms with Crippen molar-refractivity contribution in [1.82, 2.24) is 0 Å². The van der Waals surface area contributed by atoms with E-state index in [1.807, 2.05) is 36.9 Å². The number of hydrogen-bond acceptors (Lipinski definition) is 2. The lowest BCUT2D eigenvalue weighted by Crippen LogP contribution is -2.23. The molecule has 0 heterocycles. The molecule has 0 radical (unpaired) electrons. The first kappa shape index (κ1) is 13.1. The molecule has 0 aromatic heterocycles. The molecule has 1 aromatic carbocycles. The van der Waals surface area contributed by atoms with Gasteiger partial charge in [-0.05, 0) is 24.2 Å². The Labute approximate surface area is 102 Å². The van der Waals surface area contributed by atoms with E-state index >= 15 is 0 Å². The molecular formula is C13H19NOS. The molecule has 3 heteroatoms. The fraction of sp³-hybridized carbons (Fsp3) is 0.462. The van der Waals surface area contributed by atoms with Gasteiger partial charge in [-0.1, -0.05) is 37.3 Å². The van der Waals surface area contributed by atoms with E-state index in [9.17, 15) is 4.79 Å². The zero-order valence-corrected chi connectivity index (χ0v) is 10.5. The summed E-state index contributed by atoms with van der Waals surface area (Å²) in [5.74, 6) is 1.89. The third-order valence-corrected chi connectivity index (χ3v) is 3.68. The number of benzene rings is 1. The second kappa shape index (κ2) is 7.34. The first-order valence-electron chi connectivity index (χ1n) is 5.65. The number of nitrogens with two attached hydrogens (primary N) is 1. The molecule has 1 aromatic rings. The maximum absolute atomic E-state index is 11.0. The Hall–Kier alpha value is -0.960. The predicted molar refractivity (Wildman–Crippen MR) is 70.2 cm³/mol. The number of carbonyl (C=O) groups excluding carboxylic acids is 1. The number of thioether (sulfide) groups is 1. The Bertz CT molecular complexity index is 313. The van der Waals surface area contributed by atoms with E-state index in [1.54, 1.807) is 0 Å². The van der Waals surface area contributed by atoms with Gasteiger partial charge in [0, 0.05) is 11.7 Å². The molecular weight excluding hydrogens is 218 g/mol. The van der Waals surface area contributed by atoms with Gasteiger partial charge < -0.3 is 5.73 Å². The van der Waals surface area contributed by atoms with Gasteiger partial charge in [0.25, 0.3) is 0 Å². The van der Waals surface area contributed by atoms with Crippen LogP contribution in [0.2, 0.25) is 0 Å². The van der Waals surface area contributed by atoms with Crippen molar-refractivity contribution >= 4 is 17.7 Å². The Balaban J connectivity index is 2.19. The van der Waals surface area contributed by atoms with Crippen molar-refractivity contribution in [1.29, 1.82) is 0 Å². The summed E-state index contributed by atoms with van der Waals surface area (Å²) >= 11 is 1.86. The fourth-order valence-electron chi connectivity index (χ4n) is 1.54. The van der Waals surface area contributed by atoms with Crippen molar-refractivity contribution in [3.05, 3.63) is 35.9 Å². The zero-order chi connectivity index (χ0) is 11.8. The van der Waals surface area contributed by atoms with Crippen LogP contribution in [0.15, 0.2) is 30.3 Å². The molecule has 0 fully saturated rings. The third-order valence-electron chi connectivity index (χ3n) is 2.62. The second-order valence-corrected chi connectivity index (χ2v) is 4.94. The summed E-state index contributed by atoms with van der Waals surface area (Å²) < 4.78 is 0. The molecule has 88 valence electrons. The lowest BCUT2D eigenvalue weighted by molar-refractivity contribution is -0.121. The van der Waals surface area contributed by atoms with Crippen LogP contribution < -0.4 is 5.73 Å². The van der Waals surface area contributed by atoms with Gasteiger partial charge in [0.2, 0.25) is 5.91 Å². The fourth-order valence-corrected chi connectivity index (χ4v) is 2.56. The lowest BCUT2D eigenvalue weighted by Gasteiger charge is -2.09. The molecule has 2 N–H and O–H groups in total. The van der Waals surface area contributed by atoms with Gasteiger partial charge in [-0.15, -0.1) is 0 Å². The highest BCUT2D eigenvalue weighted by Crippen LogP contribution is 2.16. The Morgan fingerprint density at radius 1 is 1.38 bits per heavy atom. The van der Waals surface area contributed by atoms with Crippen molar-refractivity contribution in [3.8, 4) is 0 Å². The summed E-state index contributed by atoms with van der Waals surface area (Å²) in [4.78, 5) is 11.0. The predicted octanol–water partition coefficient (Wildman–Crippen LogP) is 2.82. The molecule has 1 amide bonds. The molecule has 16 heavy (non-hydrogen) atoms. The minimum absolute atomic E-state index is 0.0447. The van der Waals surface area contributed by atoms with Crippen LogP contribution in [0.3, 0.4) is 0 Å². The number of hydrogen-bond donors (Lipinski definition) is 1. The van der Waals surface area contributed by atoms with E-state index < -0.39 is 0 Å². The number of carbonyl (C=O) groups is 1. The van der Waals surface area contributed by atoms with Crippen LogP contribution in [0, 0.1) is 5.92 Å². The molecule has 0 aliphatic rings. The minimum atomic E-state index is -0.164. The largest absolute Gasteiger partial charge is 0.369 e. The first-order valence-corrected chi connectivity index (χ1v) is 6.80. The highest BCUT2D eigenvalue weighted by atomic mass is 32.2. The molecule has 0 saturated heterocycles. The van der Waals surface area contributed by atoms with E-state index in [0.717, 1.165) is 24.3 Å². The second-order valence-electron chi connectivity index (χ2n) is 3.83. The van der Waals surface area contributed by atoms with Gasteiger partial charge in [-0.3, -0.25) is 4.79 Å². The first-order chi connectivity index (χ1) is 7.74. The summed E-state index contributed by atoms with van der Waals surface area (Å²) in [6.07, 6.45) is 1.74. The summed E-state index contributed by atoms with van der Waals surface area (Å²) in [6.45, 7) is 2.01. The van der Waals surface area contributed by atoms with Gasteiger partial charge in [-0.25, -0.2) is 0 Å². The van der Waals surface area contributed by atoms with Crippen molar-refractivity contribution < 1.29 is 4.79 Å². The van der Waals surface area contributed by atoms with Crippen molar-refractivity contribution in [2.24, 2.45) is 11.7 Å². The Kier molecular flexibility index (Phi) is 6.01. The van der Waals surface area contributed by atoms with E-state index in [0.29, 0.717) is 0 Å². The van der Waals surface area contributed by atoms with E-state index in [2.05, 4.69) is 12.1 Å². The van der Waals surface area contributed by atoms with Crippen molar-refractivity contribution in [2.45, 2.75) is 25.5 Å². The minimum Gasteiger partial charge on any atom is -0.369 e. The molecule has 0 aliphatic carbocycles. The average molecular weight is 237 g/mol. The maximum atomic E-state index is 11.0. The van der Waals surface area contributed by atoms with Crippen LogP contribution in [0.1, 0.15) is 25.3 Å². The Morgan fingerprint density at radius 3 is 2.62 bits per heavy atom. The van der Waals surface area contributed by atoms with E-state index in [-0.39, 0.29) is 11.8 Å². The zero-order valence-electron chi connectivity index (χ0n) is 9.69. The number of rotatable bonds is 7. The topological polar surface area (TPSA) is 43.1 Å². The highest BCUT2D eigenvalue weighted by molar-refractivity contribution is 7.98. The molecule has 0 aliphatic heterocycles. The van der Waals surface area contributed by atoms with Crippen LogP contribution in [0.5, 0.6) is 0 Å². The molecule has 0 spiro atoms. The van der Waals surface area contributed by atoms with Crippen molar-refractivity contribution in [2.75, 3.05) is 5.75 Å². The SMILES string of the molecule is CCC(CCSCc1ccccc1)C(N)=O. The quantitative estimate of drug-likeness (QED) is 0.741. The van der Waals surface area contributed by atoms with Gasteiger partial charge in [-0.2, -0.15) is 11.8 Å². The smallest absolute Gasteiger partial charge is 0.220 e. The highest BCUT2D eigenvalue weighted by Gasteiger charge is 2.11. The molecule has 0 bridgehead atoms. The van der Waals surface area contributed by atoms with Gasteiger partial charge in [0.15, 0.2) is 0 Å². The summed E-state index contributed by atoms with van der Waals surface area (Å²) in [5.41, 5.74) is 6.63. The van der Waals surface area contributed by atoms with Gasteiger partial charge in [0.05, 0.1) is 0 Å². The monoisotopic (exact) mass is 237 g/mol. The van der Waals surface area contributed by atoms with Crippen LogP contribution in [0.4, 0.5) is 0 Å². The van der Waals surface area contributed by atoms with Crippen LogP contribution >= 0.6 is 11.8 Å². The van der Waals surface area contributed by atoms with E-state index in [1.165, 1.54) is 5.56 Å². The average Bonchev–Trinajstić information content (AvgIpc) is 2.30. The number of amides is 1. The molecule has 1 atom stereocenters. The Morgan fingerprint density at radius 2 is 2.06 bits per heavy atom. The van der Waals surface area contributed by atoms with Crippen LogP contribution in [-0.2, 0) is 10.5 Å². The third kappa shape index (κ3) is 4.71. The molecule has 2 nitrogen and oxygen atoms in total. The maximum Gasteiger partial charge on any atom is 0.220 e. The molecule has 1 rings (SSSR count). The normalized spacial score (nSPS) is 12.3. The lowest BCUT2D eigenvalue weighted by atomic mass is 10.0. The van der Waals surface area contributed by atoms with Crippen LogP contribution in [-0.4, -0.2) is 11.7 Å². The van der Waals surface area contributed by atoms with Crippen LogP contribution in [0.25, 0.3) is 0 Å². The molecule has 1 unspecified atom stereocenters. The summed E-state index contributed by atoms with van der Waals surface area (Å²) in [6, 6.07) is 10.4. The standard InChI is InChI=1S/C13H19NOS/c1-2-12(13(14)15)8-9-16-10-11-6-4-3-5-7-11/h3-7,12H,2,8-10H2,1H3,(H2,14,15).